The van der Waals surface area contributed by atoms with Crippen LogP contribution in [0.1, 0.15) is 23.9 Å². The van der Waals surface area contributed by atoms with Crippen LogP contribution in [0, 0.1) is 19.8 Å². The zero-order chi connectivity index (χ0) is 15.6. The van der Waals surface area contributed by atoms with Gasteiger partial charge in [-0.05, 0) is 43.0 Å². The second-order valence-corrected chi connectivity index (χ2v) is 5.70. The number of methoxy groups -OCH3 is 1. The number of aromatic nitrogens is 2. The number of aryl methyl sites for hydroxylation is 2. The van der Waals surface area contributed by atoms with E-state index >= 15 is 0 Å². The highest BCUT2D eigenvalue weighted by atomic mass is 16.5. The van der Waals surface area contributed by atoms with Gasteiger partial charge in [-0.15, -0.1) is 0 Å². The molecule has 0 aliphatic carbocycles. The summed E-state index contributed by atoms with van der Waals surface area (Å²) in [4.78, 5) is 15.8. The Hall–Kier alpha value is -1.88. The minimum absolute atomic E-state index is 0.0615. The fourth-order valence-corrected chi connectivity index (χ4v) is 2.55. The molecule has 5 heteroatoms. The molecule has 0 bridgehead atoms. The van der Waals surface area contributed by atoms with E-state index < -0.39 is 5.97 Å². The molecular weight excluding hydrogens is 268 g/mol. The van der Waals surface area contributed by atoms with Gasteiger partial charge in [-0.1, -0.05) is 6.92 Å². The van der Waals surface area contributed by atoms with Crippen molar-refractivity contribution in [1.29, 1.82) is 0 Å². The Bertz CT molecular complexity index is 661. The number of hydrogen-bond acceptors (Lipinski definition) is 3. The number of ether oxygens (including phenoxy) is 1. The lowest BCUT2D eigenvalue weighted by molar-refractivity contribution is -0.137. The first kappa shape index (κ1) is 15.5. The molecular formula is C16H22N2O3. The number of aliphatic carboxylic acids is 1. The van der Waals surface area contributed by atoms with Crippen molar-refractivity contribution in [2.45, 2.75) is 33.7 Å². The molecule has 0 fully saturated rings. The molecule has 0 radical (unpaired) electrons. The molecule has 0 saturated heterocycles. The molecule has 0 amide bonds. The first-order valence-electron chi connectivity index (χ1n) is 7.09. The van der Waals surface area contributed by atoms with Gasteiger partial charge in [0.2, 0.25) is 0 Å². The third-order valence-electron chi connectivity index (χ3n) is 3.72. The number of fused-ring (bicyclic) bond motifs is 1. The molecule has 2 rings (SSSR count). The van der Waals surface area contributed by atoms with Crippen LogP contribution in [0.4, 0.5) is 0 Å². The standard InChI is InChI=1S/C16H22N2O3/c1-10(9-21-4)5-15-17-13-6-11(2)12(3)7-14(13)18(15)8-16(19)20/h6-7,10H,5,8-9H2,1-4H3,(H,19,20). The minimum Gasteiger partial charge on any atom is -0.480 e. The van der Waals surface area contributed by atoms with Crippen molar-refractivity contribution in [3.05, 3.63) is 29.1 Å². The normalized spacial score (nSPS) is 12.8. The van der Waals surface area contributed by atoms with Gasteiger partial charge in [-0.25, -0.2) is 4.98 Å². The summed E-state index contributed by atoms with van der Waals surface area (Å²) in [6.07, 6.45) is 0.702. The largest absolute Gasteiger partial charge is 0.480 e. The number of hydrogen-bond donors (Lipinski definition) is 1. The summed E-state index contributed by atoms with van der Waals surface area (Å²) in [5.74, 6) is 0.247. The Balaban J connectivity index is 2.49. The first-order chi connectivity index (χ1) is 9.92. The number of benzene rings is 1. The minimum atomic E-state index is -0.854. The molecule has 5 nitrogen and oxygen atoms in total. The van der Waals surface area contributed by atoms with Gasteiger partial charge < -0.3 is 14.4 Å². The molecule has 1 aromatic heterocycles. The topological polar surface area (TPSA) is 64.4 Å². The highest BCUT2D eigenvalue weighted by molar-refractivity contribution is 5.80. The SMILES string of the molecule is COCC(C)Cc1nc2cc(C)c(C)cc2n1CC(=O)O. The molecule has 0 aliphatic rings. The lowest BCUT2D eigenvalue weighted by Gasteiger charge is -2.11. The van der Waals surface area contributed by atoms with Crippen LogP contribution in [0.15, 0.2) is 12.1 Å². The average molecular weight is 290 g/mol. The molecule has 114 valence electrons. The predicted molar refractivity (Wildman–Crippen MR) is 81.6 cm³/mol. The van der Waals surface area contributed by atoms with E-state index in [9.17, 15) is 4.79 Å². The Labute approximate surface area is 124 Å². The summed E-state index contributed by atoms with van der Waals surface area (Å²) in [7, 11) is 1.67. The van der Waals surface area contributed by atoms with Gasteiger partial charge in [0, 0.05) is 20.1 Å². The quantitative estimate of drug-likeness (QED) is 0.888. The van der Waals surface area contributed by atoms with Crippen molar-refractivity contribution in [2.75, 3.05) is 13.7 Å². The van der Waals surface area contributed by atoms with Gasteiger partial charge in [-0.3, -0.25) is 4.79 Å². The summed E-state index contributed by atoms with van der Waals surface area (Å²) < 4.78 is 6.96. The van der Waals surface area contributed by atoms with E-state index in [4.69, 9.17) is 9.84 Å². The van der Waals surface area contributed by atoms with E-state index in [-0.39, 0.29) is 6.54 Å². The molecule has 0 spiro atoms. The molecule has 2 aromatic rings. The lowest BCUT2D eigenvalue weighted by Crippen LogP contribution is -2.16. The number of imidazole rings is 1. The maximum absolute atomic E-state index is 11.2. The molecule has 1 atom stereocenters. The summed E-state index contributed by atoms with van der Waals surface area (Å²) in [5, 5.41) is 9.16. The summed E-state index contributed by atoms with van der Waals surface area (Å²) in [6.45, 7) is 6.71. The van der Waals surface area contributed by atoms with Crippen LogP contribution < -0.4 is 0 Å². The molecule has 1 unspecified atom stereocenters. The van der Waals surface area contributed by atoms with Gasteiger partial charge in [0.1, 0.15) is 12.4 Å². The summed E-state index contributed by atoms with van der Waals surface area (Å²) in [6, 6.07) is 4.04. The Morgan fingerprint density at radius 1 is 1.38 bits per heavy atom. The number of carboxylic acids is 1. The molecule has 21 heavy (non-hydrogen) atoms. The second kappa shape index (κ2) is 6.26. The third-order valence-corrected chi connectivity index (χ3v) is 3.72. The van der Waals surface area contributed by atoms with Gasteiger partial charge in [-0.2, -0.15) is 0 Å². The Kier molecular flexibility index (Phi) is 4.63. The van der Waals surface area contributed by atoms with Crippen LogP contribution in [-0.2, 0) is 22.5 Å². The molecule has 1 aromatic carbocycles. The van der Waals surface area contributed by atoms with Crippen LogP contribution in [0.3, 0.4) is 0 Å². The third kappa shape index (κ3) is 3.42. The average Bonchev–Trinajstić information content (AvgIpc) is 2.68. The van der Waals surface area contributed by atoms with Gasteiger partial charge in [0.05, 0.1) is 11.0 Å². The maximum Gasteiger partial charge on any atom is 0.323 e. The van der Waals surface area contributed by atoms with E-state index in [2.05, 4.69) is 11.9 Å². The van der Waals surface area contributed by atoms with Crippen molar-refractivity contribution >= 4 is 17.0 Å². The van der Waals surface area contributed by atoms with Crippen molar-refractivity contribution in [3.8, 4) is 0 Å². The number of carboxylic acid groups (broad SMARTS) is 1. The van der Waals surface area contributed by atoms with E-state index in [0.717, 1.165) is 22.4 Å². The zero-order valence-electron chi connectivity index (χ0n) is 13.0. The molecule has 1 N–H and O–H groups in total. The summed E-state index contributed by atoms with van der Waals surface area (Å²) in [5.41, 5.74) is 4.06. The second-order valence-electron chi connectivity index (χ2n) is 5.70. The maximum atomic E-state index is 11.2. The number of rotatable bonds is 6. The van der Waals surface area contributed by atoms with Crippen LogP contribution >= 0.6 is 0 Å². The summed E-state index contributed by atoms with van der Waals surface area (Å²) >= 11 is 0. The van der Waals surface area contributed by atoms with E-state index in [1.54, 1.807) is 11.7 Å². The van der Waals surface area contributed by atoms with Gasteiger partial charge in [0.15, 0.2) is 0 Å². The van der Waals surface area contributed by atoms with Gasteiger partial charge >= 0.3 is 5.97 Å². The fraction of sp³-hybridized carbons (Fsp3) is 0.500. The smallest absolute Gasteiger partial charge is 0.323 e. The van der Waals surface area contributed by atoms with Crippen molar-refractivity contribution in [1.82, 2.24) is 9.55 Å². The van der Waals surface area contributed by atoms with Crippen molar-refractivity contribution in [2.24, 2.45) is 5.92 Å². The van der Waals surface area contributed by atoms with E-state index in [1.807, 2.05) is 26.0 Å². The highest BCUT2D eigenvalue weighted by Crippen LogP contribution is 2.22. The number of nitrogens with zero attached hydrogens (tertiary/aromatic N) is 2. The van der Waals surface area contributed by atoms with E-state index in [0.29, 0.717) is 18.9 Å². The first-order valence-corrected chi connectivity index (χ1v) is 7.09. The van der Waals surface area contributed by atoms with Crippen LogP contribution in [-0.4, -0.2) is 34.3 Å². The zero-order valence-corrected chi connectivity index (χ0v) is 13.0. The number of carbonyl (C=O) groups is 1. The van der Waals surface area contributed by atoms with Crippen molar-refractivity contribution in [3.63, 3.8) is 0 Å². The van der Waals surface area contributed by atoms with Crippen LogP contribution in [0.2, 0.25) is 0 Å². The highest BCUT2D eigenvalue weighted by Gasteiger charge is 2.16. The fourth-order valence-electron chi connectivity index (χ4n) is 2.55. The molecule has 0 saturated carbocycles. The van der Waals surface area contributed by atoms with Gasteiger partial charge in [0.25, 0.3) is 0 Å². The monoisotopic (exact) mass is 290 g/mol. The van der Waals surface area contributed by atoms with Crippen LogP contribution in [0.25, 0.3) is 11.0 Å². The van der Waals surface area contributed by atoms with Crippen LogP contribution in [0.5, 0.6) is 0 Å². The lowest BCUT2D eigenvalue weighted by atomic mass is 10.1. The molecule has 1 heterocycles. The Morgan fingerprint density at radius 2 is 2.05 bits per heavy atom. The van der Waals surface area contributed by atoms with Crippen molar-refractivity contribution < 1.29 is 14.6 Å². The predicted octanol–water partition coefficient (Wildman–Crippen LogP) is 2.56. The molecule has 0 aliphatic heterocycles. The Morgan fingerprint density at radius 3 is 2.67 bits per heavy atom. The van der Waals surface area contributed by atoms with E-state index in [1.165, 1.54) is 5.56 Å².